The van der Waals surface area contributed by atoms with Crippen LogP contribution in [0, 0.1) is 20.8 Å². The zero-order chi connectivity index (χ0) is 23.1. The number of aromatic nitrogens is 3. The molecule has 1 aliphatic heterocycles. The van der Waals surface area contributed by atoms with Crippen LogP contribution < -0.4 is 4.74 Å². The third-order valence-electron chi connectivity index (χ3n) is 6.48. The quantitative estimate of drug-likeness (QED) is 0.414. The summed E-state index contributed by atoms with van der Waals surface area (Å²) in [6, 6.07) is 12.2. The number of likely N-dealkylation sites (tertiary alicyclic amines) is 1. The van der Waals surface area contributed by atoms with Crippen LogP contribution in [0.2, 0.25) is 0 Å². The Labute approximate surface area is 197 Å². The first-order valence-corrected chi connectivity index (χ1v) is 12.2. The summed E-state index contributed by atoms with van der Waals surface area (Å²) in [4.78, 5) is 21.5. The van der Waals surface area contributed by atoms with Gasteiger partial charge in [0.1, 0.15) is 11.9 Å². The second-order valence-corrected chi connectivity index (χ2v) is 9.74. The molecule has 170 valence electrons. The third-order valence-corrected chi connectivity index (χ3v) is 7.38. The van der Waals surface area contributed by atoms with Crippen LogP contribution in [0.1, 0.15) is 40.0 Å². The fourth-order valence-corrected chi connectivity index (χ4v) is 5.18. The normalized spacial score (nSPS) is 14.7. The zero-order valence-electron chi connectivity index (χ0n) is 19.5. The molecule has 1 amide bonds. The molecule has 4 heterocycles. The molecular formula is C26H28N4O2S. The second kappa shape index (κ2) is 8.63. The highest BCUT2D eigenvalue weighted by atomic mass is 32.1. The third kappa shape index (κ3) is 4.13. The van der Waals surface area contributed by atoms with E-state index in [1.165, 1.54) is 11.1 Å². The van der Waals surface area contributed by atoms with Crippen molar-refractivity contribution in [2.75, 3.05) is 13.1 Å². The number of nitrogens with zero attached hydrogens (tertiary/aromatic N) is 4. The average molecular weight is 461 g/mol. The number of aryl methyl sites for hydroxylation is 4. The molecule has 1 saturated heterocycles. The number of carbonyl (C=O) groups is 1. The van der Waals surface area contributed by atoms with E-state index in [0.717, 1.165) is 45.9 Å². The predicted octanol–water partition coefficient (Wildman–Crippen LogP) is 5.31. The van der Waals surface area contributed by atoms with Gasteiger partial charge >= 0.3 is 0 Å². The van der Waals surface area contributed by atoms with Gasteiger partial charge < -0.3 is 9.64 Å². The number of fused-ring (bicyclic) bond motifs is 1. The smallest absolute Gasteiger partial charge is 0.254 e. The highest BCUT2D eigenvalue weighted by Gasteiger charge is 2.28. The minimum absolute atomic E-state index is 0.0425. The lowest BCUT2D eigenvalue weighted by atomic mass is 10.0. The van der Waals surface area contributed by atoms with Crippen LogP contribution in [0.3, 0.4) is 0 Å². The van der Waals surface area contributed by atoms with Crippen LogP contribution in [-0.2, 0) is 7.05 Å². The van der Waals surface area contributed by atoms with Gasteiger partial charge in [0.05, 0.1) is 27.2 Å². The summed E-state index contributed by atoms with van der Waals surface area (Å²) in [5.41, 5.74) is 5.57. The summed E-state index contributed by atoms with van der Waals surface area (Å²) in [6.07, 6.45) is 1.75. The van der Waals surface area contributed by atoms with Gasteiger partial charge in [0.25, 0.3) is 5.91 Å². The van der Waals surface area contributed by atoms with Crippen LogP contribution in [0.15, 0.2) is 41.8 Å². The number of benzene rings is 1. The molecule has 0 atom stereocenters. The van der Waals surface area contributed by atoms with Gasteiger partial charge in [-0.25, -0.2) is 4.98 Å². The molecule has 0 bridgehead atoms. The minimum atomic E-state index is 0.0425. The van der Waals surface area contributed by atoms with Crippen molar-refractivity contribution >= 4 is 28.3 Å². The highest BCUT2D eigenvalue weighted by Crippen LogP contribution is 2.31. The van der Waals surface area contributed by atoms with E-state index in [2.05, 4.69) is 31.1 Å². The summed E-state index contributed by atoms with van der Waals surface area (Å²) in [6.45, 7) is 7.49. The molecule has 4 aromatic rings. The number of pyridine rings is 1. The van der Waals surface area contributed by atoms with Crippen molar-refractivity contribution in [3.8, 4) is 16.3 Å². The Morgan fingerprint density at radius 1 is 1.09 bits per heavy atom. The molecule has 3 aromatic heterocycles. The summed E-state index contributed by atoms with van der Waals surface area (Å²) >= 11 is 1.62. The van der Waals surface area contributed by atoms with Crippen LogP contribution >= 0.6 is 11.3 Å². The Bertz CT molecular complexity index is 1320. The maximum Gasteiger partial charge on any atom is 0.254 e. The first kappa shape index (κ1) is 21.6. The van der Waals surface area contributed by atoms with E-state index in [1.54, 1.807) is 16.0 Å². The Kier molecular flexibility index (Phi) is 5.66. The van der Waals surface area contributed by atoms with Gasteiger partial charge in [0, 0.05) is 33.0 Å². The van der Waals surface area contributed by atoms with Crippen molar-refractivity contribution in [3.63, 3.8) is 0 Å². The molecule has 1 aromatic carbocycles. The molecule has 33 heavy (non-hydrogen) atoms. The number of hydrogen-bond donors (Lipinski definition) is 0. The van der Waals surface area contributed by atoms with E-state index in [0.29, 0.717) is 18.7 Å². The number of piperidine rings is 1. The van der Waals surface area contributed by atoms with Gasteiger partial charge in [-0.3, -0.25) is 9.48 Å². The first-order valence-electron chi connectivity index (χ1n) is 11.3. The molecule has 7 heteroatoms. The molecule has 0 N–H and O–H groups in total. The molecule has 1 fully saturated rings. The number of ether oxygens (including phenoxy) is 1. The molecule has 0 saturated carbocycles. The monoisotopic (exact) mass is 460 g/mol. The Hall–Kier alpha value is -3.19. The van der Waals surface area contributed by atoms with Crippen molar-refractivity contribution < 1.29 is 9.53 Å². The summed E-state index contributed by atoms with van der Waals surface area (Å²) < 4.78 is 7.99. The van der Waals surface area contributed by atoms with E-state index in [-0.39, 0.29) is 12.0 Å². The van der Waals surface area contributed by atoms with E-state index >= 15 is 0 Å². The van der Waals surface area contributed by atoms with Crippen LogP contribution in [-0.4, -0.2) is 44.8 Å². The topological polar surface area (TPSA) is 60.2 Å². The number of hydrogen-bond acceptors (Lipinski definition) is 5. The first-order chi connectivity index (χ1) is 15.9. The molecule has 0 aliphatic carbocycles. The molecule has 0 radical (unpaired) electrons. The van der Waals surface area contributed by atoms with Crippen LogP contribution in [0.4, 0.5) is 0 Å². The van der Waals surface area contributed by atoms with Crippen molar-refractivity contribution in [3.05, 3.63) is 64.2 Å². The maximum atomic E-state index is 13.7. The number of thiophene rings is 1. The predicted molar refractivity (Wildman–Crippen MR) is 132 cm³/mol. The van der Waals surface area contributed by atoms with Crippen molar-refractivity contribution in [2.45, 2.75) is 39.7 Å². The molecule has 0 unspecified atom stereocenters. The van der Waals surface area contributed by atoms with Crippen molar-refractivity contribution in [1.82, 2.24) is 19.7 Å². The number of amides is 1. The number of carbonyl (C=O) groups excluding carboxylic acids is 1. The molecule has 0 spiro atoms. The lowest BCUT2D eigenvalue weighted by Crippen LogP contribution is -2.41. The Morgan fingerprint density at radius 3 is 2.58 bits per heavy atom. The molecule has 6 nitrogen and oxygen atoms in total. The lowest BCUT2D eigenvalue weighted by Gasteiger charge is -2.32. The van der Waals surface area contributed by atoms with Gasteiger partial charge in [-0.1, -0.05) is 12.1 Å². The Balaban J connectivity index is 1.37. The number of rotatable bonds is 4. The van der Waals surface area contributed by atoms with E-state index < -0.39 is 0 Å². The van der Waals surface area contributed by atoms with Crippen LogP contribution in [0.5, 0.6) is 5.75 Å². The van der Waals surface area contributed by atoms with Gasteiger partial charge in [0.15, 0.2) is 5.65 Å². The lowest BCUT2D eigenvalue weighted by molar-refractivity contribution is 0.0597. The summed E-state index contributed by atoms with van der Waals surface area (Å²) in [7, 11) is 1.88. The SMILES string of the molecule is Cc1ccc(OC2CCN(C(=O)c3cc(-c4cccs4)nc4c3c(C)nn4C)CC2)cc1C. The second-order valence-electron chi connectivity index (χ2n) is 8.80. The van der Waals surface area contributed by atoms with Gasteiger partial charge in [0.2, 0.25) is 0 Å². The highest BCUT2D eigenvalue weighted by molar-refractivity contribution is 7.13. The zero-order valence-corrected chi connectivity index (χ0v) is 20.3. The summed E-state index contributed by atoms with van der Waals surface area (Å²) in [5, 5.41) is 7.41. The van der Waals surface area contributed by atoms with Gasteiger partial charge in [-0.05, 0) is 61.5 Å². The summed E-state index contributed by atoms with van der Waals surface area (Å²) in [5.74, 6) is 0.950. The standard InChI is InChI=1S/C26H28N4O2S/c1-16-7-8-20(14-17(16)2)32-19-9-11-30(12-10-19)26(31)21-15-22(23-6-5-13-33-23)27-25-24(21)18(3)28-29(25)4/h5-8,13-15,19H,9-12H2,1-4H3. The van der Waals surface area contributed by atoms with Gasteiger partial charge in [-0.2, -0.15) is 5.10 Å². The molecular weight excluding hydrogens is 432 g/mol. The van der Waals surface area contributed by atoms with E-state index in [1.807, 2.05) is 48.5 Å². The molecule has 5 rings (SSSR count). The maximum absolute atomic E-state index is 13.7. The fourth-order valence-electron chi connectivity index (χ4n) is 4.49. The fraction of sp³-hybridized carbons (Fsp3) is 0.346. The molecule has 1 aliphatic rings. The largest absolute Gasteiger partial charge is 0.490 e. The van der Waals surface area contributed by atoms with Crippen molar-refractivity contribution in [2.24, 2.45) is 7.05 Å². The van der Waals surface area contributed by atoms with E-state index in [9.17, 15) is 4.79 Å². The van der Waals surface area contributed by atoms with Crippen LogP contribution in [0.25, 0.3) is 21.6 Å². The van der Waals surface area contributed by atoms with E-state index in [4.69, 9.17) is 9.72 Å². The van der Waals surface area contributed by atoms with Gasteiger partial charge in [-0.15, -0.1) is 11.3 Å². The Morgan fingerprint density at radius 2 is 1.88 bits per heavy atom. The average Bonchev–Trinajstić information content (AvgIpc) is 3.44. The van der Waals surface area contributed by atoms with Crippen molar-refractivity contribution in [1.29, 1.82) is 0 Å². The minimum Gasteiger partial charge on any atom is -0.490 e.